The molecule has 0 aliphatic rings. The zero-order valence-electron chi connectivity index (χ0n) is 12.1. The number of rotatable bonds is 4. The summed E-state index contributed by atoms with van der Waals surface area (Å²) in [7, 11) is 0.260. The Hall–Kier alpha value is -2.32. The van der Waals surface area contributed by atoms with E-state index in [2.05, 4.69) is 78.9 Å². The summed E-state index contributed by atoms with van der Waals surface area (Å²) in [4.78, 5) is 0. The van der Waals surface area contributed by atoms with Crippen LogP contribution in [0.25, 0.3) is 0 Å². The van der Waals surface area contributed by atoms with Crippen LogP contribution >= 0.6 is 0 Å². The standard InChI is InChI=1S/C19H18OSi/c1-20-18-14-8-9-15-19(18)21(16-10-4-2-5-11-16)17-12-6-3-7-13-17/h2-15,21H,1H3. The molecule has 0 bridgehead atoms. The first kappa shape index (κ1) is 13.7. The topological polar surface area (TPSA) is 9.23 Å². The molecule has 3 aromatic carbocycles. The van der Waals surface area contributed by atoms with Gasteiger partial charge < -0.3 is 4.74 Å². The number of methoxy groups -OCH3 is 1. The Bertz CT molecular complexity index is 656. The molecular weight excluding hydrogens is 272 g/mol. The minimum atomic E-state index is -1.49. The lowest BCUT2D eigenvalue weighted by Crippen LogP contribution is -2.52. The Kier molecular flexibility index (Phi) is 4.17. The molecule has 0 fully saturated rings. The Morgan fingerprint density at radius 1 is 0.619 bits per heavy atom. The minimum Gasteiger partial charge on any atom is -0.497 e. The van der Waals surface area contributed by atoms with Gasteiger partial charge in [0.15, 0.2) is 0 Å². The predicted molar refractivity (Wildman–Crippen MR) is 91.9 cm³/mol. The van der Waals surface area contributed by atoms with E-state index >= 15 is 0 Å². The number of benzene rings is 3. The van der Waals surface area contributed by atoms with Crippen LogP contribution < -0.4 is 20.3 Å². The van der Waals surface area contributed by atoms with Crippen LogP contribution in [0.1, 0.15) is 0 Å². The van der Waals surface area contributed by atoms with Gasteiger partial charge in [-0.2, -0.15) is 0 Å². The van der Waals surface area contributed by atoms with Crippen molar-refractivity contribution in [1.29, 1.82) is 0 Å². The van der Waals surface area contributed by atoms with E-state index in [0.717, 1.165) is 5.75 Å². The van der Waals surface area contributed by atoms with Crippen molar-refractivity contribution >= 4 is 24.4 Å². The lowest BCUT2D eigenvalue weighted by atomic mass is 10.3. The van der Waals surface area contributed by atoms with Crippen LogP contribution in [0.2, 0.25) is 0 Å². The second kappa shape index (κ2) is 6.42. The number of para-hydroxylation sites is 1. The molecule has 0 aliphatic carbocycles. The summed E-state index contributed by atoms with van der Waals surface area (Å²) in [5.74, 6) is 0.988. The number of hydrogen-bond donors (Lipinski definition) is 0. The van der Waals surface area contributed by atoms with E-state index in [0.29, 0.717) is 0 Å². The number of ether oxygens (including phenoxy) is 1. The summed E-state index contributed by atoms with van der Waals surface area (Å²) in [6.45, 7) is 0. The van der Waals surface area contributed by atoms with E-state index in [1.807, 2.05) is 6.07 Å². The molecule has 1 nitrogen and oxygen atoms in total. The molecule has 0 unspecified atom stereocenters. The summed E-state index contributed by atoms with van der Waals surface area (Å²) >= 11 is 0. The van der Waals surface area contributed by atoms with Crippen molar-refractivity contribution in [2.45, 2.75) is 0 Å². The SMILES string of the molecule is COc1ccccc1[SiH](c1ccccc1)c1ccccc1. The summed E-state index contributed by atoms with van der Waals surface area (Å²) in [5.41, 5.74) is 0. The molecule has 2 heteroatoms. The van der Waals surface area contributed by atoms with Crippen molar-refractivity contribution < 1.29 is 4.74 Å². The van der Waals surface area contributed by atoms with Crippen molar-refractivity contribution in [1.82, 2.24) is 0 Å². The van der Waals surface area contributed by atoms with Gasteiger partial charge in [0.2, 0.25) is 0 Å². The first-order chi connectivity index (χ1) is 10.4. The molecule has 3 aromatic rings. The van der Waals surface area contributed by atoms with Crippen LogP contribution in [-0.2, 0) is 0 Å². The molecule has 0 heterocycles. The molecule has 0 aliphatic heterocycles. The normalized spacial score (nSPS) is 10.6. The Balaban J connectivity index is 2.17. The quantitative estimate of drug-likeness (QED) is 0.527. The van der Waals surface area contributed by atoms with E-state index in [1.54, 1.807) is 7.11 Å². The molecule has 0 saturated heterocycles. The zero-order valence-corrected chi connectivity index (χ0v) is 13.2. The maximum absolute atomic E-state index is 5.60. The van der Waals surface area contributed by atoms with Crippen molar-refractivity contribution in [2.75, 3.05) is 7.11 Å². The second-order valence-corrected chi connectivity index (χ2v) is 7.82. The van der Waals surface area contributed by atoms with E-state index in [4.69, 9.17) is 4.74 Å². The molecule has 0 radical (unpaired) electrons. The fraction of sp³-hybridized carbons (Fsp3) is 0.0526. The maximum atomic E-state index is 5.60. The highest BCUT2D eigenvalue weighted by atomic mass is 28.3. The lowest BCUT2D eigenvalue weighted by Gasteiger charge is -2.19. The van der Waals surface area contributed by atoms with Crippen LogP contribution in [0.4, 0.5) is 0 Å². The van der Waals surface area contributed by atoms with E-state index in [1.165, 1.54) is 15.6 Å². The van der Waals surface area contributed by atoms with E-state index < -0.39 is 8.80 Å². The average molecular weight is 290 g/mol. The van der Waals surface area contributed by atoms with Crippen molar-refractivity contribution in [3.05, 3.63) is 84.9 Å². The van der Waals surface area contributed by atoms with Gasteiger partial charge in [-0.1, -0.05) is 89.2 Å². The van der Waals surface area contributed by atoms with Crippen LogP contribution in [0, 0.1) is 0 Å². The third-order valence-corrected chi connectivity index (χ3v) is 6.92. The Morgan fingerprint density at radius 2 is 1.10 bits per heavy atom. The third kappa shape index (κ3) is 2.90. The molecule has 0 aromatic heterocycles. The lowest BCUT2D eigenvalue weighted by molar-refractivity contribution is 0.418. The molecular formula is C19H18OSi. The minimum absolute atomic E-state index is 0.988. The molecule has 0 atom stereocenters. The van der Waals surface area contributed by atoms with Gasteiger partial charge in [0.25, 0.3) is 0 Å². The van der Waals surface area contributed by atoms with Gasteiger partial charge in [-0.25, -0.2) is 0 Å². The predicted octanol–water partition coefficient (Wildman–Crippen LogP) is 1.94. The monoisotopic (exact) mass is 290 g/mol. The molecule has 0 spiro atoms. The molecule has 0 N–H and O–H groups in total. The second-order valence-electron chi connectivity index (χ2n) is 5.00. The van der Waals surface area contributed by atoms with Gasteiger partial charge >= 0.3 is 0 Å². The summed E-state index contributed by atoms with van der Waals surface area (Å²) < 4.78 is 5.60. The molecule has 21 heavy (non-hydrogen) atoms. The van der Waals surface area contributed by atoms with Gasteiger partial charge in [0.1, 0.15) is 14.5 Å². The van der Waals surface area contributed by atoms with Crippen LogP contribution in [0.5, 0.6) is 5.75 Å². The summed E-state index contributed by atoms with van der Waals surface area (Å²) in [6.07, 6.45) is 0. The molecule has 3 rings (SSSR count). The zero-order chi connectivity index (χ0) is 14.5. The fourth-order valence-corrected chi connectivity index (χ4v) is 5.87. The fourth-order valence-electron chi connectivity index (χ4n) is 2.75. The summed E-state index contributed by atoms with van der Waals surface area (Å²) in [5, 5.41) is 4.15. The first-order valence-electron chi connectivity index (χ1n) is 7.13. The van der Waals surface area contributed by atoms with Gasteiger partial charge in [-0.15, -0.1) is 0 Å². The maximum Gasteiger partial charge on any atom is 0.137 e. The average Bonchev–Trinajstić information content (AvgIpc) is 2.58. The molecule has 104 valence electrons. The Morgan fingerprint density at radius 3 is 1.62 bits per heavy atom. The van der Waals surface area contributed by atoms with Crippen LogP contribution in [0.15, 0.2) is 84.9 Å². The number of hydrogen-bond acceptors (Lipinski definition) is 1. The smallest absolute Gasteiger partial charge is 0.137 e. The van der Waals surface area contributed by atoms with Crippen molar-refractivity contribution in [2.24, 2.45) is 0 Å². The first-order valence-corrected chi connectivity index (χ1v) is 8.86. The van der Waals surface area contributed by atoms with Gasteiger partial charge in [-0.3, -0.25) is 0 Å². The van der Waals surface area contributed by atoms with Crippen molar-refractivity contribution in [3.8, 4) is 5.75 Å². The highest BCUT2D eigenvalue weighted by Gasteiger charge is 2.21. The van der Waals surface area contributed by atoms with Gasteiger partial charge in [0.05, 0.1) is 7.11 Å². The van der Waals surface area contributed by atoms with E-state index in [-0.39, 0.29) is 0 Å². The van der Waals surface area contributed by atoms with Gasteiger partial charge in [0, 0.05) is 0 Å². The molecule has 0 saturated carbocycles. The highest BCUT2D eigenvalue weighted by Crippen LogP contribution is 2.08. The molecule has 0 amide bonds. The van der Waals surface area contributed by atoms with Crippen LogP contribution in [-0.4, -0.2) is 15.9 Å². The van der Waals surface area contributed by atoms with Gasteiger partial charge in [-0.05, 0) is 11.3 Å². The van der Waals surface area contributed by atoms with Crippen molar-refractivity contribution in [3.63, 3.8) is 0 Å². The summed E-state index contributed by atoms with van der Waals surface area (Å²) in [6, 6.07) is 29.9. The Labute approximate surface area is 127 Å². The largest absolute Gasteiger partial charge is 0.497 e. The van der Waals surface area contributed by atoms with Crippen LogP contribution in [0.3, 0.4) is 0 Å². The highest BCUT2D eigenvalue weighted by molar-refractivity contribution is 6.96. The third-order valence-electron chi connectivity index (χ3n) is 3.72. The van der Waals surface area contributed by atoms with E-state index in [9.17, 15) is 0 Å².